The summed E-state index contributed by atoms with van der Waals surface area (Å²) >= 11 is 3.46. The Labute approximate surface area is 126 Å². The lowest BCUT2D eigenvalue weighted by molar-refractivity contribution is 0.316. The van der Waals surface area contributed by atoms with Crippen molar-refractivity contribution >= 4 is 21.6 Å². The Hall–Kier alpha value is -1.55. The second kappa shape index (κ2) is 5.83. The van der Waals surface area contributed by atoms with Crippen molar-refractivity contribution in [3.8, 4) is 5.75 Å². The van der Waals surface area contributed by atoms with Gasteiger partial charge in [0, 0.05) is 15.7 Å². The summed E-state index contributed by atoms with van der Waals surface area (Å²) in [7, 11) is 0. The van der Waals surface area contributed by atoms with Crippen LogP contribution < -0.4 is 10.1 Å². The summed E-state index contributed by atoms with van der Waals surface area (Å²) in [6.45, 7) is 0.713. The third-order valence-corrected chi connectivity index (χ3v) is 3.90. The summed E-state index contributed by atoms with van der Waals surface area (Å²) in [6, 6.07) is 12.8. The molecule has 0 saturated carbocycles. The first kappa shape index (κ1) is 13.4. The molecule has 3 rings (SSSR count). The highest BCUT2D eigenvalue weighted by atomic mass is 79.9. The first-order valence-electron chi connectivity index (χ1n) is 6.67. The molecule has 0 radical (unpaired) electrons. The number of benzene rings is 2. The highest BCUT2D eigenvalue weighted by molar-refractivity contribution is 9.10. The van der Waals surface area contributed by atoms with E-state index in [1.54, 1.807) is 6.07 Å². The lowest BCUT2D eigenvalue weighted by Crippen LogP contribution is -2.10. The van der Waals surface area contributed by atoms with E-state index < -0.39 is 0 Å². The van der Waals surface area contributed by atoms with Crippen LogP contribution in [0.3, 0.4) is 0 Å². The minimum absolute atomic E-state index is 0.141. The van der Waals surface area contributed by atoms with Crippen molar-refractivity contribution in [3.63, 3.8) is 0 Å². The van der Waals surface area contributed by atoms with Crippen LogP contribution in [-0.4, -0.2) is 6.61 Å². The number of nitrogens with one attached hydrogen (secondary N) is 1. The third-order valence-electron chi connectivity index (χ3n) is 3.41. The SMILES string of the molecule is Fc1cccc(NC2CCCOc3cc(Br)ccc32)c1. The summed E-state index contributed by atoms with van der Waals surface area (Å²) in [5.74, 6) is 0.668. The van der Waals surface area contributed by atoms with Gasteiger partial charge in [0.15, 0.2) is 0 Å². The second-order valence-electron chi connectivity index (χ2n) is 4.88. The fourth-order valence-corrected chi connectivity index (χ4v) is 2.82. The van der Waals surface area contributed by atoms with Crippen LogP contribution in [0.15, 0.2) is 46.9 Å². The number of hydrogen-bond donors (Lipinski definition) is 1. The van der Waals surface area contributed by atoms with Crippen LogP contribution >= 0.6 is 15.9 Å². The number of ether oxygens (including phenoxy) is 1. The van der Waals surface area contributed by atoms with E-state index in [1.165, 1.54) is 12.1 Å². The van der Waals surface area contributed by atoms with Crippen LogP contribution in [0.5, 0.6) is 5.75 Å². The molecule has 0 fully saturated rings. The van der Waals surface area contributed by atoms with Gasteiger partial charge in [0.1, 0.15) is 11.6 Å². The fourth-order valence-electron chi connectivity index (χ4n) is 2.48. The van der Waals surface area contributed by atoms with E-state index >= 15 is 0 Å². The maximum Gasteiger partial charge on any atom is 0.125 e. The molecule has 0 aromatic heterocycles. The molecule has 1 unspecified atom stereocenters. The molecule has 2 aromatic rings. The molecule has 0 bridgehead atoms. The first-order valence-corrected chi connectivity index (χ1v) is 7.46. The minimum atomic E-state index is -0.226. The molecule has 4 heteroatoms. The van der Waals surface area contributed by atoms with E-state index in [9.17, 15) is 4.39 Å². The van der Waals surface area contributed by atoms with Gasteiger partial charge in [-0.15, -0.1) is 0 Å². The van der Waals surface area contributed by atoms with Crippen LogP contribution in [0.2, 0.25) is 0 Å². The van der Waals surface area contributed by atoms with Crippen molar-refractivity contribution in [2.24, 2.45) is 0 Å². The minimum Gasteiger partial charge on any atom is -0.493 e. The molecule has 104 valence electrons. The van der Waals surface area contributed by atoms with Gasteiger partial charge in [-0.25, -0.2) is 4.39 Å². The molecule has 1 aliphatic heterocycles. The number of halogens is 2. The van der Waals surface area contributed by atoms with Crippen molar-refractivity contribution in [2.75, 3.05) is 11.9 Å². The molecule has 20 heavy (non-hydrogen) atoms. The molecule has 1 heterocycles. The monoisotopic (exact) mass is 335 g/mol. The van der Waals surface area contributed by atoms with Crippen LogP contribution in [0, 0.1) is 5.82 Å². The number of rotatable bonds is 2. The average Bonchev–Trinajstić information content (AvgIpc) is 2.61. The molecular weight excluding hydrogens is 321 g/mol. The Kier molecular flexibility index (Phi) is 3.92. The molecule has 0 spiro atoms. The van der Waals surface area contributed by atoms with Crippen LogP contribution in [-0.2, 0) is 0 Å². The van der Waals surface area contributed by atoms with Gasteiger partial charge < -0.3 is 10.1 Å². The Morgan fingerprint density at radius 3 is 2.95 bits per heavy atom. The second-order valence-corrected chi connectivity index (χ2v) is 5.80. The quantitative estimate of drug-likeness (QED) is 0.841. The predicted octanol–water partition coefficient (Wildman–Crippen LogP) is 4.91. The van der Waals surface area contributed by atoms with Crippen molar-refractivity contribution in [2.45, 2.75) is 18.9 Å². The van der Waals surface area contributed by atoms with Crippen molar-refractivity contribution in [1.82, 2.24) is 0 Å². The van der Waals surface area contributed by atoms with E-state index in [1.807, 2.05) is 18.2 Å². The molecule has 0 aliphatic carbocycles. The first-order chi connectivity index (χ1) is 9.72. The van der Waals surface area contributed by atoms with E-state index in [0.29, 0.717) is 6.61 Å². The third kappa shape index (κ3) is 2.96. The topological polar surface area (TPSA) is 21.3 Å². The van der Waals surface area contributed by atoms with Crippen LogP contribution in [0.25, 0.3) is 0 Å². The molecule has 1 aliphatic rings. The van der Waals surface area contributed by atoms with Gasteiger partial charge in [-0.1, -0.05) is 28.1 Å². The highest BCUT2D eigenvalue weighted by Crippen LogP contribution is 2.35. The fraction of sp³-hybridized carbons (Fsp3) is 0.250. The summed E-state index contributed by atoms with van der Waals surface area (Å²) in [5.41, 5.74) is 1.92. The van der Waals surface area contributed by atoms with Crippen molar-refractivity contribution < 1.29 is 9.13 Å². The standard InChI is InChI=1S/C16H15BrFNO/c17-11-6-7-14-15(5-2-8-20-16(14)9-11)19-13-4-1-3-12(18)10-13/h1,3-4,6-7,9-10,15,19H,2,5,8H2. The average molecular weight is 336 g/mol. The molecule has 2 nitrogen and oxygen atoms in total. The van der Waals surface area contributed by atoms with Gasteiger partial charge in [-0.2, -0.15) is 0 Å². The molecule has 0 saturated heterocycles. The maximum atomic E-state index is 13.3. The number of anilines is 1. The largest absolute Gasteiger partial charge is 0.493 e. The van der Waals surface area contributed by atoms with E-state index in [2.05, 4.69) is 27.3 Å². The van der Waals surface area contributed by atoms with Crippen molar-refractivity contribution in [1.29, 1.82) is 0 Å². The smallest absolute Gasteiger partial charge is 0.125 e. The zero-order chi connectivity index (χ0) is 13.9. The lowest BCUT2D eigenvalue weighted by Gasteiger charge is -2.19. The zero-order valence-electron chi connectivity index (χ0n) is 10.9. The lowest BCUT2D eigenvalue weighted by atomic mass is 10.0. The van der Waals surface area contributed by atoms with E-state index in [0.717, 1.165) is 34.3 Å². The summed E-state index contributed by atoms with van der Waals surface area (Å²) in [6.07, 6.45) is 1.93. The number of fused-ring (bicyclic) bond motifs is 1. The summed E-state index contributed by atoms with van der Waals surface area (Å²) < 4.78 is 20.1. The van der Waals surface area contributed by atoms with Gasteiger partial charge in [0.05, 0.1) is 12.6 Å². The van der Waals surface area contributed by atoms with Gasteiger partial charge in [0.2, 0.25) is 0 Å². The molecule has 2 aromatic carbocycles. The molecule has 0 amide bonds. The Morgan fingerprint density at radius 2 is 2.10 bits per heavy atom. The molecular formula is C16H15BrFNO. The Bertz CT molecular complexity index is 617. The Morgan fingerprint density at radius 1 is 1.20 bits per heavy atom. The molecule has 1 atom stereocenters. The van der Waals surface area contributed by atoms with Gasteiger partial charge in [-0.3, -0.25) is 0 Å². The van der Waals surface area contributed by atoms with Crippen LogP contribution in [0.1, 0.15) is 24.4 Å². The van der Waals surface area contributed by atoms with Gasteiger partial charge >= 0.3 is 0 Å². The maximum absolute atomic E-state index is 13.3. The van der Waals surface area contributed by atoms with E-state index in [4.69, 9.17) is 4.74 Å². The normalized spacial score (nSPS) is 17.8. The summed E-state index contributed by atoms with van der Waals surface area (Å²) in [4.78, 5) is 0. The molecule has 1 N–H and O–H groups in total. The summed E-state index contributed by atoms with van der Waals surface area (Å²) in [5, 5.41) is 3.40. The zero-order valence-corrected chi connectivity index (χ0v) is 12.5. The predicted molar refractivity (Wildman–Crippen MR) is 81.6 cm³/mol. The van der Waals surface area contributed by atoms with Crippen LogP contribution in [0.4, 0.5) is 10.1 Å². The van der Waals surface area contributed by atoms with Gasteiger partial charge in [-0.05, 0) is 43.2 Å². The van der Waals surface area contributed by atoms with Gasteiger partial charge in [0.25, 0.3) is 0 Å². The Balaban J connectivity index is 1.90. The van der Waals surface area contributed by atoms with E-state index in [-0.39, 0.29) is 11.9 Å². The number of hydrogen-bond acceptors (Lipinski definition) is 2. The highest BCUT2D eigenvalue weighted by Gasteiger charge is 2.19. The van der Waals surface area contributed by atoms with Crippen molar-refractivity contribution in [3.05, 3.63) is 58.3 Å².